The Kier molecular flexibility index (Phi) is 5.04. The molecule has 1 amide bonds. The highest BCUT2D eigenvalue weighted by Crippen LogP contribution is 2.22. The summed E-state index contributed by atoms with van der Waals surface area (Å²) in [4.78, 5) is 11.9. The minimum atomic E-state index is -0.470. The highest BCUT2D eigenvalue weighted by Gasteiger charge is 2.21. The van der Waals surface area contributed by atoms with Crippen LogP contribution in [0, 0.1) is 35.0 Å². The number of hydrogen-bond acceptors (Lipinski definition) is 5. The molecule has 6 heteroatoms. The second-order valence-corrected chi connectivity index (χ2v) is 5.53. The van der Waals surface area contributed by atoms with E-state index in [0.29, 0.717) is 11.4 Å². The Morgan fingerprint density at radius 3 is 2.33 bits per heavy atom. The number of rotatable bonds is 3. The lowest BCUT2D eigenvalue weighted by atomic mass is 9.95. The van der Waals surface area contributed by atoms with Crippen molar-refractivity contribution in [1.29, 1.82) is 10.5 Å². The van der Waals surface area contributed by atoms with Gasteiger partial charge in [-0.05, 0) is 30.7 Å². The zero-order valence-electron chi connectivity index (χ0n) is 12.5. The van der Waals surface area contributed by atoms with Gasteiger partial charge in [0, 0.05) is 11.1 Å². The highest BCUT2D eigenvalue weighted by atomic mass is 16.2. The monoisotopic (exact) mass is 283 g/mol. The van der Waals surface area contributed by atoms with Crippen molar-refractivity contribution in [2.45, 2.75) is 27.7 Å². The number of carbonyl (C=O) groups excluding carboxylic acids is 1. The molecule has 1 aromatic carbocycles. The molecule has 1 aromatic rings. The molecule has 0 aliphatic carbocycles. The van der Waals surface area contributed by atoms with Gasteiger partial charge in [-0.3, -0.25) is 10.2 Å². The van der Waals surface area contributed by atoms with Crippen LogP contribution in [-0.4, -0.2) is 11.6 Å². The summed E-state index contributed by atoms with van der Waals surface area (Å²) in [5.41, 5.74) is 4.10. The first-order chi connectivity index (χ1) is 9.77. The van der Waals surface area contributed by atoms with Gasteiger partial charge >= 0.3 is 0 Å². The maximum absolute atomic E-state index is 11.9. The van der Waals surface area contributed by atoms with Crippen molar-refractivity contribution in [2.75, 3.05) is 10.7 Å². The van der Waals surface area contributed by atoms with E-state index in [1.165, 1.54) is 0 Å². The Bertz CT molecular complexity index is 640. The first kappa shape index (κ1) is 16.2. The molecular formula is C15H17N5O. The summed E-state index contributed by atoms with van der Waals surface area (Å²) in [6.07, 6.45) is 0. The summed E-state index contributed by atoms with van der Waals surface area (Å²) < 4.78 is 0. The van der Waals surface area contributed by atoms with Crippen molar-refractivity contribution in [3.8, 4) is 12.1 Å². The molecule has 0 spiro atoms. The highest BCUT2D eigenvalue weighted by molar-refractivity contribution is 6.10. The predicted molar refractivity (Wildman–Crippen MR) is 81.5 cm³/mol. The van der Waals surface area contributed by atoms with Crippen LogP contribution >= 0.6 is 0 Å². The molecule has 108 valence electrons. The minimum Gasteiger partial charge on any atom is -0.325 e. The summed E-state index contributed by atoms with van der Waals surface area (Å²) in [6.45, 7) is 7.37. The van der Waals surface area contributed by atoms with Gasteiger partial charge < -0.3 is 5.32 Å². The van der Waals surface area contributed by atoms with E-state index in [1.807, 2.05) is 27.7 Å². The van der Waals surface area contributed by atoms with Gasteiger partial charge in [-0.1, -0.05) is 20.8 Å². The third kappa shape index (κ3) is 4.63. The van der Waals surface area contributed by atoms with Crippen molar-refractivity contribution in [1.82, 2.24) is 0 Å². The molecule has 0 fully saturated rings. The van der Waals surface area contributed by atoms with Crippen LogP contribution in [0.3, 0.4) is 0 Å². The first-order valence-corrected chi connectivity index (χ1v) is 6.34. The fraction of sp³-hybridized carbons (Fsp3) is 0.333. The molecule has 1 rings (SSSR count). The van der Waals surface area contributed by atoms with Crippen LogP contribution < -0.4 is 10.7 Å². The number of benzene rings is 1. The Labute approximate surface area is 124 Å². The quantitative estimate of drug-likeness (QED) is 0.657. The first-order valence-electron chi connectivity index (χ1n) is 6.34. The zero-order valence-corrected chi connectivity index (χ0v) is 12.5. The molecule has 0 aliphatic heterocycles. The zero-order chi connectivity index (χ0) is 16.0. The van der Waals surface area contributed by atoms with Gasteiger partial charge in [0.25, 0.3) is 0 Å². The van der Waals surface area contributed by atoms with E-state index in [2.05, 4.69) is 15.8 Å². The molecule has 2 N–H and O–H groups in total. The Morgan fingerprint density at radius 1 is 1.24 bits per heavy atom. The lowest BCUT2D eigenvalue weighted by molar-refractivity contribution is -0.123. The van der Waals surface area contributed by atoms with E-state index in [0.717, 1.165) is 5.56 Å². The van der Waals surface area contributed by atoms with Gasteiger partial charge in [0.15, 0.2) is 0 Å². The maximum atomic E-state index is 11.9. The standard InChI is InChI=1S/C15H17N5O/c1-10-7-11(19-20-12(8-16)9-17)5-6-13(10)18-14(21)15(2,3)4/h5-7,19H,1-4H3,(H,18,21). The van der Waals surface area contributed by atoms with Crippen LogP contribution in [0.15, 0.2) is 23.3 Å². The third-order valence-electron chi connectivity index (χ3n) is 2.66. The van der Waals surface area contributed by atoms with Crippen LogP contribution in [0.4, 0.5) is 11.4 Å². The third-order valence-corrected chi connectivity index (χ3v) is 2.66. The normalized spacial score (nSPS) is 10.0. The molecule has 0 saturated carbocycles. The Morgan fingerprint density at radius 2 is 1.86 bits per heavy atom. The van der Waals surface area contributed by atoms with Gasteiger partial charge in [-0.2, -0.15) is 15.6 Å². The molecule has 0 aliphatic rings. The average molecular weight is 283 g/mol. The van der Waals surface area contributed by atoms with E-state index in [1.54, 1.807) is 30.3 Å². The molecule has 0 unspecified atom stereocenters. The lowest BCUT2D eigenvalue weighted by Gasteiger charge is -2.19. The van der Waals surface area contributed by atoms with Gasteiger partial charge in [-0.15, -0.1) is 0 Å². The Balaban J connectivity index is 2.88. The van der Waals surface area contributed by atoms with Crippen LogP contribution in [0.1, 0.15) is 26.3 Å². The summed E-state index contributed by atoms with van der Waals surface area (Å²) in [5, 5.41) is 23.7. The lowest BCUT2D eigenvalue weighted by Crippen LogP contribution is -2.27. The van der Waals surface area contributed by atoms with Crippen LogP contribution in [0.5, 0.6) is 0 Å². The molecule has 6 nitrogen and oxygen atoms in total. The maximum Gasteiger partial charge on any atom is 0.237 e. The number of aryl methyl sites for hydroxylation is 1. The van der Waals surface area contributed by atoms with Gasteiger partial charge in [-0.25, -0.2) is 0 Å². The number of carbonyl (C=O) groups is 1. The van der Waals surface area contributed by atoms with E-state index in [9.17, 15) is 4.79 Å². The van der Waals surface area contributed by atoms with E-state index in [4.69, 9.17) is 10.5 Å². The van der Waals surface area contributed by atoms with E-state index in [-0.39, 0.29) is 11.6 Å². The van der Waals surface area contributed by atoms with Crippen molar-refractivity contribution in [3.05, 3.63) is 23.8 Å². The van der Waals surface area contributed by atoms with E-state index < -0.39 is 5.41 Å². The van der Waals surface area contributed by atoms with Gasteiger partial charge in [0.05, 0.1) is 5.69 Å². The molecule has 0 saturated heterocycles. The molecule has 0 heterocycles. The smallest absolute Gasteiger partial charge is 0.237 e. The fourth-order valence-electron chi connectivity index (χ4n) is 1.38. The SMILES string of the molecule is Cc1cc(NN=C(C#N)C#N)ccc1NC(=O)C(C)(C)C. The second-order valence-electron chi connectivity index (χ2n) is 5.53. The van der Waals surface area contributed by atoms with Crippen molar-refractivity contribution in [3.63, 3.8) is 0 Å². The predicted octanol–water partition coefficient (Wildman–Crippen LogP) is 2.79. The number of nitriles is 2. The number of nitrogens with one attached hydrogen (secondary N) is 2. The fourth-order valence-corrected chi connectivity index (χ4v) is 1.38. The number of amides is 1. The topological polar surface area (TPSA) is 101 Å². The summed E-state index contributed by atoms with van der Waals surface area (Å²) in [6, 6.07) is 8.55. The molecular weight excluding hydrogens is 266 g/mol. The average Bonchev–Trinajstić information content (AvgIpc) is 2.41. The summed E-state index contributed by atoms with van der Waals surface area (Å²) >= 11 is 0. The van der Waals surface area contributed by atoms with Crippen LogP contribution in [-0.2, 0) is 4.79 Å². The molecule has 0 atom stereocenters. The van der Waals surface area contributed by atoms with Crippen LogP contribution in [0.2, 0.25) is 0 Å². The summed E-state index contributed by atoms with van der Waals surface area (Å²) in [5.74, 6) is -0.0689. The van der Waals surface area contributed by atoms with Crippen molar-refractivity contribution >= 4 is 23.0 Å². The molecule has 0 bridgehead atoms. The largest absolute Gasteiger partial charge is 0.325 e. The van der Waals surface area contributed by atoms with E-state index >= 15 is 0 Å². The number of anilines is 2. The minimum absolute atomic E-state index is 0.0689. The molecule has 21 heavy (non-hydrogen) atoms. The number of hydrazone groups is 1. The van der Waals surface area contributed by atoms with Gasteiger partial charge in [0.2, 0.25) is 11.6 Å². The summed E-state index contributed by atoms with van der Waals surface area (Å²) in [7, 11) is 0. The van der Waals surface area contributed by atoms with Crippen molar-refractivity contribution in [2.24, 2.45) is 10.5 Å². The molecule has 0 radical (unpaired) electrons. The number of hydrogen-bond donors (Lipinski definition) is 2. The number of nitrogens with zero attached hydrogens (tertiary/aromatic N) is 3. The van der Waals surface area contributed by atoms with Gasteiger partial charge in [0.1, 0.15) is 12.1 Å². The van der Waals surface area contributed by atoms with Crippen molar-refractivity contribution < 1.29 is 4.79 Å². The second kappa shape index (κ2) is 6.53. The molecule has 0 aromatic heterocycles. The Hall–Kier alpha value is -2.86. The van der Waals surface area contributed by atoms with Crippen LogP contribution in [0.25, 0.3) is 0 Å².